The molecule has 0 aliphatic rings. The standard InChI is InChI=1S/C23H16N2O2/c1-27-20-13-6-5-11-17(20)21-18-12-7-8-14-25(18)19(15-24)22(21)23(26)16-9-3-2-4-10-16/h2-14H,1H3. The minimum atomic E-state index is -0.184. The first kappa shape index (κ1) is 16.6. The van der Waals surface area contributed by atoms with Gasteiger partial charge in [0.2, 0.25) is 0 Å². The molecule has 4 nitrogen and oxygen atoms in total. The third-order valence-electron chi connectivity index (χ3n) is 4.59. The van der Waals surface area contributed by atoms with Crippen LogP contribution in [-0.4, -0.2) is 17.3 Å². The molecule has 2 aromatic heterocycles. The molecule has 27 heavy (non-hydrogen) atoms. The number of ether oxygens (including phenoxy) is 1. The van der Waals surface area contributed by atoms with Crippen LogP contribution in [0.5, 0.6) is 5.75 Å². The number of carbonyl (C=O) groups excluding carboxylic acids is 1. The minimum Gasteiger partial charge on any atom is -0.496 e. The Balaban J connectivity index is 2.12. The molecule has 0 N–H and O–H groups in total. The number of pyridine rings is 1. The SMILES string of the molecule is COc1ccccc1-c1c(C(=O)c2ccccc2)c(C#N)n2ccccc12. The van der Waals surface area contributed by atoms with Gasteiger partial charge >= 0.3 is 0 Å². The summed E-state index contributed by atoms with van der Waals surface area (Å²) in [4.78, 5) is 13.4. The quantitative estimate of drug-likeness (QED) is 0.500. The van der Waals surface area contributed by atoms with Gasteiger partial charge in [0.15, 0.2) is 5.78 Å². The molecule has 4 heteroatoms. The van der Waals surface area contributed by atoms with E-state index in [1.54, 1.807) is 29.8 Å². The number of ketones is 1. The molecule has 0 unspecified atom stereocenters. The van der Waals surface area contributed by atoms with Crippen molar-refractivity contribution in [2.75, 3.05) is 7.11 Å². The first-order chi connectivity index (χ1) is 13.3. The number of para-hydroxylation sites is 1. The van der Waals surface area contributed by atoms with E-state index in [4.69, 9.17) is 4.74 Å². The zero-order valence-corrected chi connectivity index (χ0v) is 14.7. The van der Waals surface area contributed by atoms with Crippen LogP contribution in [-0.2, 0) is 0 Å². The van der Waals surface area contributed by atoms with Gasteiger partial charge in [-0.15, -0.1) is 0 Å². The number of carbonyl (C=O) groups is 1. The van der Waals surface area contributed by atoms with Crippen molar-refractivity contribution in [1.82, 2.24) is 4.40 Å². The van der Waals surface area contributed by atoms with Crippen LogP contribution in [0.4, 0.5) is 0 Å². The molecule has 0 spiro atoms. The number of methoxy groups -OCH3 is 1. The van der Waals surface area contributed by atoms with Crippen LogP contribution in [0.1, 0.15) is 21.6 Å². The molecule has 0 atom stereocenters. The number of nitrogens with zero attached hydrogens (tertiary/aromatic N) is 2. The van der Waals surface area contributed by atoms with Crippen LogP contribution in [0, 0.1) is 11.3 Å². The summed E-state index contributed by atoms with van der Waals surface area (Å²) in [5.74, 6) is 0.470. The molecular formula is C23H16N2O2. The summed E-state index contributed by atoms with van der Waals surface area (Å²) < 4.78 is 7.29. The second-order valence-electron chi connectivity index (χ2n) is 6.06. The summed E-state index contributed by atoms with van der Waals surface area (Å²) in [6.45, 7) is 0. The van der Waals surface area contributed by atoms with E-state index in [1.807, 2.05) is 60.7 Å². The van der Waals surface area contributed by atoms with Gasteiger partial charge in [0.1, 0.15) is 17.5 Å². The van der Waals surface area contributed by atoms with E-state index in [-0.39, 0.29) is 5.78 Å². The maximum Gasteiger partial charge on any atom is 0.196 e. The van der Waals surface area contributed by atoms with E-state index in [0.717, 1.165) is 11.1 Å². The van der Waals surface area contributed by atoms with Crippen LogP contribution < -0.4 is 4.74 Å². The van der Waals surface area contributed by atoms with E-state index in [2.05, 4.69) is 6.07 Å². The number of hydrogen-bond acceptors (Lipinski definition) is 3. The third-order valence-corrected chi connectivity index (χ3v) is 4.59. The van der Waals surface area contributed by atoms with Gasteiger partial charge in [-0.05, 0) is 18.2 Å². The fourth-order valence-corrected chi connectivity index (χ4v) is 3.40. The van der Waals surface area contributed by atoms with E-state index in [0.29, 0.717) is 28.1 Å². The second-order valence-corrected chi connectivity index (χ2v) is 6.06. The molecular weight excluding hydrogens is 336 g/mol. The zero-order valence-electron chi connectivity index (χ0n) is 14.7. The monoisotopic (exact) mass is 352 g/mol. The van der Waals surface area contributed by atoms with Gasteiger partial charge in [0, 0.05) is 22.9 Å². The maximum atomic E-state index is 13.4. The van der Waals surface area contributed by atoms with E-state index >= 15 is 0 Å². The van der Waals surface area contributed by atoms with Gasteiger partial charge in [-0.1, -0.05) is 54.6 Å². The highest BCUT2D eigenvalue weighted by atomic mass is 16.5. The Labute approximate surface area is 156 Å². The molecule has 4 aromatic rings. The Kier molecular flexibility index (Phi) is 4.19. The normalized spacial score (nSPS) is 10.5. The summed E-state index contributed by atoms with van der Waals surface area (Å²) in [5, 5.41) is 9.84. The molecule has 2 aromatic carbocycles. The van der Waals surface area contributed by atoms with Crippen molar-refractivity contribution in [3.8, 4) is 22.9 Å². The second kappa shape index (κ2) is 6.81. The average Bonchev–Trinajstić information content (AvgIpc) is 3.07. The van der Waals surface area contributed by atoms with Crippen LogP contribution >= 0.6 is 0 Å². The third kappa shape index (κ3) is 2.66. The van der Waals surface area contributed by atoms with Crippen molar-refractivity contribution in [1.29, 1.82) is 5.26 Å². The van der Waals surface area contributed by atoms with Crippen LogP contribution in [0.25, 0.3) is 16.6 Å². The summed E-state index contributed by atoms with van der Waals surface area (Å²) in [5.41, 5.74) is 3.53. The number of aromatic nitrogens is 1. The van der Waals surface area contributed by atoms with Crippen molar-refractivity contribution >= 4 is 11.3 Å². The molecule has 0 aliphatic carbocycles. The van der Waals surface area contributed by atoms with Gasteiger partial charge in [0.05, 0.1) is 18.2 Å². The zero-order chi connectivity index (χ0) is 18.8. The van der Waals surface area contributed by atoms with E-state index < -0.39 is 0 Å². The number of fused-ring (bicyclic) bond motifs is 1. The Bertz CT molecular complexity index is 1180. The predicted octanol–water partition coefficient (Wildman–Crippen LogP) is 4.72. The summed E-state index contributed by atoms with van der Waals surface area (Å²) in [7, 11) is 1.60. The molecule has 2 heterocycles. The lowest BCUT2D eigenvalue weighted by Crippen LogP contribution is -2.04. The van der Waals surface area contributed by atoms with Crippen molar-refractivity contribution in [3.63, 3.8) is 0 Å². The topological polar surface area (TPSA) is 54.5 Å². The van der Waals surface area contributed by atoms with Crippen LogP contribution in [0.2, 0.25) is 0 Å². The number of rotatable bonds is 4. The molecule has 0 saturated heterocycles. The number of hydrogen-bond donors (Lipinski definition) is 0. The first-order valence-corrected chi connectivity index (χ1v) is 8.52. The highest BCUT2D eigenvalue weighted by molar-refractivity contribution is 6.17. The van der Waals surface area contributed by atoms with Gasteiger partial charge in [-0.3, -0.25) is 4.79 Å². The molecule has 4 rings (SSSR count). The Hall–Kier alpha value is -3.84. The Morgan fingerprint density at radius 3 is 2.41 bits per heavy atom. The molecule has 0 amide bonds. The summed E-state index contributed by atoms with van der Waals surface area (Å²) in [6, 6.07) is 24.4. The first-order valence-electron chi connectivity index (χ1n) is 8.52. The molecule has 130 valence electrons. The lowest BCUT2D eigenvalue weighted by atomic mass is 9.94. The fraction of sp³-hybridized carbons (Fsp3) is 0.0435. The number of benzene rings is 2. The van der Waals surface area contributed by atoms with Gasteiger partial charge in [-0.2, -0.15) is 5.26 Å². The fourth-order valence-electron chi connectivity index (χ4n) is 3.40. The summed E-state index contributed by atoms with van der Waals surface area (Å²) >= 11 is 0. The smallest absolute Gasteiger partial charge is 0.196 e. The van der Waals surface area contributed by atoms with E-state index in [1.165, 1.54) is 0 Å². The summed E-state index contributed by atoms with van der Waals surface area (Å²) in [6.07, 6.45) is 1.80. The number of nitriles is 1. The Morgan fingerprint density at radius 1 is 0.963 bits per heavy atom. The highest BCUT2D eigenvalue weighted by Crippen LogP contribution is 2.39. The molecule has 0 fully saturated rings. The maximum absolute atomic E-state index is 13.4. The van der Waals surface area contributed by atoms with Crippen molar-refractivity contribution < 1.29 is 9.53 Å². The lowest BCUT2D eigenvalue weighted by Gasteiger charge is -2.10. The van der Waals surface area contributed by atoms with Crippen molar-refractivity contribution in [2.45, 2.75) is 0 Å². The van der Waals surface area contributed by atoms with Crippen LogP contribution in [0.3, 0.4) is 0 Å². The van der Waals surface area contributed by atoms with Crippen molar-refractivity contribution in [2.24, 2.45) is 0 Å². The molecule has 0 aliphatic heterocycles. The van der Waals surface area contributed by atoms with Gasteiger partial charge in [-0.25, -0.2) is 0 Å². The van der Waals surface area contributed by atoms with E-state index in [9.17, 15) is 10.1 Å². The Morgan fingerprint density at radius 2 is 1.67 bits per heavy atom. The molecule has 0 radical (unpaired) electrons. The van der Waals surface area contributed by atoms with Crippen LogP contribution in [0.15, 0.2) is 79.0 Å². The minimum absolute atomic E-state index is 0.184. The largest absolute Gasteiger partial charge is 0.496 e. The lowest BCUT2D eigenvalue weighted by molar-refractivity contribution is 0.103. The predicted molar refractivity (Wildman–Crippen MR) is 104 cm³/mol. The van der Waals surface area contributed by atoms with Gasteiger partial charge in [0.25, 0.3) is 0 Å². The van der Waals surface area contributed by atoms with Gasteiger partial charge < -0.3 is 9.14 Å². The molecule has 0 bridgehead atoms. The molecule has 0 saturated carbocycles. The van der Waals surface area contributed by atoms with Crippen molar-refractivity contribution in [3.05, 3.63) is 95.8 Å². The average molecular weight is 352 g/mol. The highest BCUT2D eigenvalue weighted by Gasteiger charge is 2.26.